The van der Waals surface area contributed by atoms with E-state index in [1.165, 1.54) is 13.2 Å². The smallest absolute Gasteiger partial charge is 0.229 e. The van der Waals surface area contributed by atoms with E-state index in [-0.39, 0.29) is 11.9 Å². The second kappa shape index (κ2) is 6.19. The van der Waals surface area contributed by atoms with Gasteiger partial charge in [-0.05, 0) is 18.2 Å². The summed E-state index contributed by atoms with van der Waals surface area (Å²) in [6, 6.07) is 4.45. The van der Waals surface area contributed by atoms with Gasteiger partial charge in [0.25, 0.3) is 0 Å². The van der Waals surface area contributed by atoms with Crippen LogP contribution in [-0.4, -0.2) is 43.1 Å². The summed E-state index contributed by atoms with van der Waals surface area (Å²) in [4.78, 5) is 4.32. The lowest BCUT2D eigenvalue weighted by molar-refractivity contribution is 0.0246. The van der Waals surface area contributed by atoms with E-state index in [1.54, 1.807) is 12.1 Å². The summed E-state index contributed by atoms with van der Waals surface area (Å²) >= 11 is 0. The lowest BCUT2D eigenvalue weighted by Crippen LogP contribution is -2.39. The third-order valence-corrected chi connectivity index (χ3v) is 3.28. The second-order valence-corrected chi connectivity index (χ2v) is 4.76. The lowest BCUT2D eigenvalue weighted by atomic mass is 10.2. The first-order chi connectivity index (χ1) is 10.3. The molecule has 3 rings (SSSR count). The molecule has 0 spiro atoms. The van der Waals surface area contributed by atoms with Crippen molar-refractivity contribution < 1.29 is 18.4 Å². The van der Waals surface area contributed by atoms with Crippen LogP contribution in [0.3, 0.4) is 0 Å². The molecule has 1 unspecified atom stereocenters. The van der Waals surface area contributed by atoms with Crippen LogP contribution in [0.25, 0.3) is 11.4 Å². The highest BCUT2D eigenvalue weighted by Crippen LogP contribution is 2.24. The highest BCUT2D eigenvalue weighted by molar-refractivity contribution is 5.57. The normalized spacial score (nSPS) is 18.7. The van der Waals surface area contributed by atoms with Gasteiger partial charge in [0.2, 0.25) is 11.7 Å². The summed E-state index contributed by atoms with van der Waals surface area (Å²) < 4.78 is 29.1. The molecule has 2 heterocycles. The Balaban J connectivity index is 1.74. The third kappa shape index (κ3) is 3.20. The molecule has 0 aliphatic carbocycles. The average Bonchev–Trinajstić information content (AvgIpc) is 2.97. The quantitative estimate of drug-likeness (QED) is 0.919. The monoisotopic (exact) mass is 293 g/mol. The molecular formula is C14H16FN3O3. The molecule has 0 amide bonds. The van der Waals surface area contributed by atoms with E-state index in [0.717, 1.165) is 13.1 Å². The molecule has 112 valence electrons. The maximum absolute atomic E-state index is 13.4. The largest absolute Gasteiger partial charge is 0.494 e. The Bertz CT molecular complexity index is 611. The molecule has 6 nitrogen and oxygen atoms in total. The molecule has 1 aromatic carbocycles. The maximum atomic E-state index is 13.4. The van der Waals surface area contributed by atoms with Crippen molar-refractivity contribution in [1.29, 1.82) is 0 Å². The van der Waals surface area contributed by atoms with Crippen molar-refractivity contribution in [3.05, 3.63) is 29.9 Å². The van der Waals surface area contributed by atoms with Gasteiger partial charge in [0.05, 0.1) is 26.2 Å². The molecule has 1 N–H and O–H groups in total. The topological polar surface area (TPSA) is 69.4 Å². The highest BCUT2D eigenvalue weighted by atomic mass is 19.1. The molecule has 1 aromatic heterocycles. The number of rotatable bonds is 4. The molecule has 21 heavy (non-hydrogen) atoms. The fourth-order valence-electron chi connectivity index (χ4n) is 2.20. The van der Waals surface area contributed by atoms with Gasteiger partial charge in [-0.1, -0.05) is 5.16 Å². The number of hydrogen-bond acceptors (Lipinski definition) is 6. The van der Waals surface area contributed by atoms with Crippen molar-refractivity contribution in [3.63, 3.8) is 0 Å². The van der Waals surface area contributed by atoms with Crippen molar-refractivity contribution in [3.8, 4) is 17.1 Å². The van der Waals surface area contributed by atoms with Crippen molar-refractivity contribution in [2.24, 2.45) is 0 Å². The number of nitrogens with one attached hydrogen (secondary N) is 1. The molecule has 0 saturated carbocycles. The lowest BCUT2D eigenvalue weighted by Gasteiger charge is -2.21. The van der Waals surface area contributed by atoms with E-state index in [2.05, 4.69) is 15.5 Å². The number of halogens is 1. The molecule has 1 atom stereocenters. The van der Waals surface area contributed by atoms with Crippen LogP contribution >= 0.6 is 0 Å². The number of aromatic nitrogens is 2. The molecule has 1 saturated heterocycles. The average molecular weight is 293 g/mol. The van der Waals surface area contributed by atoms with Gasteiger partial charge in [-0.2, -0.15) is 4.98 Å². The molecule has 7 heteroatoms. The fraction of sp³-hybridized carbons (Fsp3) is 0.429. The summed E-state index contributed by atoms with van der Waals surface area (Å²) in [6.45, 7) is 2.31. The van der Waals surface area contributed by atoms with Crippen LogP contribution in [0.2, 0.25) is 0 Å². The minimum atomic E-state index is -0.424. The number of methoxy groups -OCH3 is 1. The Labute approximate surface area is 121 Å². The van der Waals surface area contributed by atoms with Crippen LogP contribution in [0, 0.1) is 5.82 Å². The number of benzene rings is 1. The van der Waals surface area contributed by atoms with Crippen LogP contribution in [0.1, 0.15) is 5.89 Å². The van der Waals surface area contributed by atoms with Crippen LogP contribution in [0.5, 0.6) is 5.75 Å². The van der Waals surface area contributed by atoms with Gasteiger partial charge >= 0.3 is 0 Å². The molecule has 0 radical (unpaired) electrons. The first-order valence-electron chi connectivity index (χ1n) is 6.75. The predicted octanol–water partition coefficient (Wildman–Crippen LogP) is 1.42. The summed E-state index contributed by atoms with van der Waals surface area (Å²) in [7, 11) is 1.41. The van der Waals surface area contributed by atoms with Crippen molar-refractivity contribution in [2.75, 3.05) is 26.8 Å². The van der Waals surface area contributed by atoms with E-state index >= 15 is 0 Å². The van der Waals surface area contributed by atoms with Crippen molar-refractivity contribution in [2.45, 2.75) is 12.5 Å². The van der Waals surface area contributed by atoms with E-state index in [0.29, 0.717) is 30.3 Å². The van der Waals surface area contributed by atoms with Crippen LogP contribution in [-0.2, 0) is 11.2 Å². The third-order valence-electron chi connectivity index (χ3n) is 3.28. The molecule has 2 aromatic rings. The van der Waals surface area contributed by atoms with Crippen LogP contribution < -0.4 is 10.1 Å². The highest BCUT2D eigenvalue weighted by Gasteiger charge is 2.18. The van der Waals surface area contributed by atoms with Crippen LogP contribution in [0.15, 0.2) is 22.7 Å². The summed E-state index contributed by atoms with van der Waals surface area (Å²) in [5.41, 5.74) is 0.644. The van der Waals surface area contributed by atoms with Crippen molar-refractivity contribution >= 4 is 0 Å². The molecule has 1 fully saturated rings. The first-order valence-corrected chi connectivity index (χ1v) is 6.75. The van der Waals surface area contributed by atoms with Gasteiger partial charge in [0.15, 0.2) is 11.6 Å². The van der Waals surface area contributed by atoms with E-state index in [9.17, 15) is 4.39 Å². The minimum Gasteiger partial charge on any atom is -0.494 e. The Kier molecular flexibility index (Phi) is 4.12. The zero-order chi connectivity index (χ0) is 14.7. The number of nitrogens with zero attached hydrogens (tertiary/aromatic N) is 2. The SMILES string of the molecule is COc1cc(-c2noc(CC3CNCCO3)n2)ccc1F. The summed E-state index contributed by atoms with van der Waals surface area (Å²) in [5, 5.41) is 7.16. The van der Waals surface area contributed by atoms with Crippen molar-refractivity contribution in [1.82, 2.24) is 15.5 Å². The van der Waals surface area contributed by atoms with Gasteiger partial charge in [0.1, 0.15) is 0 Å². The Morgan fingerprint density at radius 3 is 3.14 bits per heavy atom. The minimum absolute atomic E-state index is 0.0369. The van der Waals surface area contributed by atoms with Gasteiger partial charge in [-0.15, -0.1) is 0 Å². The Morgan fingerprint density at radius 1 is 1.48 bits per heavy atom. The second-order valence-electron chi connectivity index (χ2n) is 4.76. The maximum Gasteiger partial charge on any atom is 0.229 e. The Morgan fingerprint density at radius 2 is 2.38 bits per heavy atom. The summed E-state index contributed by atoms with van der Waals surface area (Å²) in [5.74, 6) is 0.638. The van der Waals surface area contributed by atoms with E-state index in [4.69, 9.17) is 14.0 Å². The zero-order valence-electron chi connectivity index (χ0n) is 11.6. The predicted molar refractivity (Wildman–Crippen MR) is 72.6 cm³/mol. The fourth-order valence-corrected chi connectivity index (χ4v) is 2.20. The van der Waals surface area contributed by atoms with Gasteiger partial charge in [0, 0.05) is 18.7 Å². The van der Waals surface area contributed by atoms with E-state index < -0.39 is 5.82 Å². The first kappa shape index (κ1) is 14.0. The molecule has 1 aliphatic heterocycles. The Hall–Kier alpha value is -1.99. The van der Waals surface area contributed by atoms with Crippen LogP contribution in [0.4, 0.5) is 4.39 Å². The molecule has 1 aliphatic rings. The summed E-state index contributed by atoms with van der Waals surface area (Å²) in [6.07, 6.45) is 0.591. The van der Waals surface area contributed by atoms with Gasteiger partial charge < -0.3 is 19.3 Å². The molecule has 0 bridgehead atoms. The van der Waals surface area contributed by atoms with Gasteiger partial charge in [-0.3, -0.25) is 0 Å². The number of ether oxygens (including phenoxy) is 2. The van der Waals surface area contributed by atoms with E-state index in [1.807, 2.05) is 0 Å². The number of morpholine rings is 1. The zero-order valence-corrected chi connectivity index (χ0v) is 11.6. The van der Waals surface area contributed by atoms with Gasteiger partial charge in [-0.25, -0.2) is 4.39 Å². The standard InChI is InChI=1S/C14H16FN3O3/c1-19-12-6-9(2-3-11(12)15)14-17-13(21-18-14)7-10-8-16-4-5-20-10/h2-3,6,10,16H,4-5,7-8H2,1H3. The molecular weight excluding hydrogens is 277 g/mol. The number of hydrogen-bond donors (Lipinski definition) is 1.